The van der Waals surface area contributed by atoms with E-state index in [1.165, 1.54) is 17.3 Å². The number of aryl methyl sites for hydroxylation is 2. The molecule has 2 aromatic carbocycles. The SMILES string of the molecule is Cc1ccc(C)c(CN2C(=O)[C@H]([C@@H](C)C(=O)NCCCOC(C)C)Sc3ccccc32)c1. The molecule has 0 aromatic heterocycles. The highest BCUT2D eigenvalue weighted by Gasteiger charge is 2.39. The van der Waals surface area contributed by atoms with E-state index in [1.54, 1.807) is 0 Å². The second kappa shape index (κ2) is 11.0. The Kier molecular flexibility index (Phi) is 8.38. The fraction of sp³-hybridized carbons (Fsp3) is 0.462. The van der Waals surface area contributed by atoms with Gasteiger partial charge in [0.2, 0.25) is 11.8 Å². The van der Waals surface area contributed by atoms with E-state index in [-0.39, 0.29) is 17.9 Å². The molecular weight excluding hydrogens is 420 g/mol. The number of hydrogen-bond donors (Lipinski definition) is 1. The van der Waals surface area contributed by atoms with Crippen molar-refractivity contribution in [2.75, 3.05) is 18.1 Å². The molecule has 32 heavy (non-hydrogen) atoms. The lowest BCUT2D eigenvalue weighted by atomic mass is 10.0. The Morgan fingerprint density at radius 2 is 1.91 bits per heavy atom. The van der Waals surface area contributed by atoms with E-state index >= 15 is 0 Å². The number of para-hydroxylation sites is 1. The Balaban J connectivity index is 1.75. The number of anilines is 1. The molecule has 0 fully saturated rings. The molecule has 0 unspecified atom stereocenters. The molecule has 0 spiro atoms. The first kappa shape index (κ1) is 24.3. The second-order valence-corrected chi connectivity index (χ2v) is 9.90. The van der Waals surface area contributed by atoms with Crippen molar-refractivity contribution < 1.29 is 14.3 Å². The molecule has 2 atom stereocenters. The van der Waals surface area contributed by atoms with Gasteiger partial charge in [-0.25, -0.2) is 0 Å². The zero-order valence-electron chi connectivity index (χ0n) is 19.7. The summed E-state index contributed by atoms with van der Waals surface area (Å²) < 4.78 is 5.53. The van der Waals surface area contributed by atoms with Gasteiger partial charge in [0.25, 0.3) is 0 Å². The minimum absolute atomic E-state index is 0.0135. The molecule has 5 nitrogen and oxygen atoms in total. The van der Waals surface area contributed by atoms with Crippen molar-refractivity contribution in [1.29, 1.82) is 0 Å². The van der Waals surface area contributed by atoms with Gasteiger partial charge in [-0.15, -0.1) is 11.8 Å². The van der Waals surface area contributed by atoms with Gasteiger partial charge >= 0.3 is 0 Å². The van der Waals surface area contributed by atoms with E-state index in [0.717, 1.165) is 28.1 Å². The molecule has 1 N–H and O–H groups in total. The fourth-order valence-electron chi connectivity index (χ4n) is 3.76. The molecule has 3 rings (SSSR count). The first-order chi connectivity index (χ1) is 15.3. The first-order valence-corrected chi connectivity index (χ1v) is 12.2. The predicted octanol–water partition coefficient (Wildman–Crippen LogP) is 4.88. The second-order valence-electron chi connectivity index (χ2n) is 8.71. The monoisotopic (exact) mass is 454 g/mol. The first-order valence-electron chi connectivity index (χ1n) is 11.3. The van der Waals surface area contributed by atoms with Gasteiger partial charge in [-0.1, -0.05) is 42.8 Å². The molecule has 0 radical (unpaired) electrons. The third-order valence-corrected chi connectivity index (χ3v) is 7.15. The van der Waals surface area contributed by atoms with Crippen molar-refractivity contribution in [3.8, 4) is 0 Å². The lowest BCUT2D eigenvalue weighted by Gasteiger charge is -2.36. The van der Waals surface area contributed by atoms with Crippen LogP contribution in [0, 0.1) is 19.8 Å². The van der Waals surface area contributed by atoms with Crippen LogP contribution in [-0.4, -0.2) is 36.3 Å². The third kappa shape index (κ3) is 5.93. The molecule has 1 heterocycles. The number of carbonyl (C=O) groups excluding carboxylic acids is 2. The Hall–Kier alpha value is -2.31. The fourth-order valence-corrected chi connectivity index (χ4v) is 5.05. The summed E-state index contributed by atoms with van der Waals surface area (Å²) in [5.41, 5.74) is 4.37. The number of nitrogens with one attached hydrogen (secondary N) is 1. The summed E-state index contributed by atoms with van der Waals surface area (Å²) in [5, 5.41) is 2.52. The molecule has 0 saturated heterocycles. The van der Waals surface area contributed by atoms with Gasteiger partial charge in [0.1, 0.15) is 5.25 Å². The van der Waals surface area contributed by atoms with Crippen molar-refractivity contribution in [3.05, 3.63) is 59.2 Å². The summed E-state index contributed by atoms with van der Waals surface area (Å²) in [4.78, 5) is 29.3. The minimum atomic E-state index is -0.457. The number of nitrogens with zero attached hydrogens (tertiary/aromatic N) is 1. The molecule has 0 aliphatic carbocycles. The molecule has 172 valence electrons. The van der Waals surface area contributed by atoms with Crippen LogP contribution >= 0.6 is 11.8 Å². The van der Waals surface area contributed by atoms with Gasteiger partial charge in [0.15, 0.2) is 0 Å². The zero-order chi connectivity index (χ0) is 23.3. The number of ether oxygens (including phenoxy) is 1. The standard InChI is InChI=1S/C26H34N2O3S/c1-17(2)31-14-8-13-27-25(29)20(5)24-26(30)28(22-9-6-7-10-23(22)32-24)16-21-15-18(3)11-12-19(21)4/h6-7,9-12,15,17,20,24H,8,13-14,16H2,1-5H3,(H,27,29)/t20-,24+/m1/s1. The highest BCUT2D eigenvalue weighted by Crippen LogP contribution is 2.42. The largest absolute Gasteiger partial charge is 0.379 e. The van der Waals surface area contributed by atoms with Crippen LogP contribution in [-0.2, 0) is 20.9 Å². The summed E-state index contributed by atoms with van der Waals surface area (Å²) in [6, 6.07) is 14.3. The zero-order valence-corrected chi connectivity index (χ0v) is 20.5. The normalized spacial score (nSPS) is 16.8. The molecule has 0 saturated carbocycles. The lowest BCUT2D eigenvalue weighted by Crippen LogP contribution is -2.47. The molecule has 0 bridgehead atoms. The maximum Gasteiger partial charge on any atom is 0.241 e. The number of hydrogen-bond acceptors (Lipinski definition) is 4. The van der Waals surface area contributed by atoms with Crippen molar-refractivity contribution in [2.45, 2.75) is 63.8 Å². The van der Waals surface area contributed by atoms with E-state index in [0.29, 0.717) is 19.7 Å². The average Bonchev–Trinajstić information content (AvgIpc) is 2.76. The van der Waals surface area contributed by atoms with E-state index in [4.69, 9.17) is 4.74 Å². The molecule has 1 aliphatic heterocycles. The maximum absolute atomic E-state index is 13.6. The minimum Gasteiger partial charge on any atom is -0.379 e. The average molecular weight is 455 g/mol. The third-order valence-electron chi connectivity index (χ3n) is 5.69. The number of rotatable bonds is 9. The number of thioether (sulfide) groups is 1. The Bertz CT molecular complexity index is 960. The van der Waals surface area contributed by atoms with Gasteiger partial charge < -0.3 is 15.0 Å². The summed E-state index contributed by atoms with van der Waals surface area (Å²) in [6.45, 7) is 11.6. The summed E-state index contributed by atoms with van der Waals surface area (Å²) >= 11 is 1.49. The van der Waals surface area contributed by atoms with Crippen LogP contribution in [0.5, 0.6) is 0 Å². The van der Waals surface area contributed by atoms with E-state index < -0.39 is 11.2 Å². The maximum atomic E-state index is 13.6. The molecule has 2 aromatic rings. The highest BCUT2D eigenvalue weighted by molar-refractivity contribution is 8.01. The Labute approximate surface area is 195 Å². The number of amides is 2. The van der Waals surface area contributed by atoms with Crippen molar-refractivity contribution in [3.63, 3.8) is 0 Å². The van der Waals surface area contributed by atoms with Crippen LogP contribution < -0.4 is 10.2 Å². The Morgan fingerprint density at radius 1 is 1.16 bits per heavy atom. The molecule has 1 aliphatic rings. The quantitative estimate of drug-likeness (QED) is 0.549. The number of fused-ring (bicyclic) bond motifs is 1. The molecular formula is C26H34N2O3S. The van der Waals surface area contributed by atoms with Crippen LogP contribution in [0.2, 0.25) is 0 Å². The van der Waals surface area contributed by atoms with Crippen molar-refractivity contribution in [2.24, 2.45) is 5.92 Å². The van der Waals surface area contributed by atoms with E-state index in [2.05, 4.69) is 37.4 Å². The lowest BCUT2D eigenvalue weighted by molar-refractivity contribution is -0.128. The smallest absolute Gasteiger partial charge is 0.241 e. The molecule has 2 amide bonds. The van der Waals surface area contributed by atoms with Gasteiger partial charge in [-0.05, 0) is 57.4 Å². The van der Waals surface area contributed by atoms with Gasteiger partial charge in [-0.2, -0.15) is 0 Å². The van der Waals surface area contributed by atoms with Crippen molar-refractivity contribution in [1.82, 2.24) is 5.32 Å². The van der Waals surface area contributed by atoms with Gasteiger partial charge in [0, 0.05) is 18.0 Å². The van der Waals surface area contributed by atoms with E-state index in [9.17, 15) is 9.59 Å². The van der Waals surface area contributed by atoms with Crippen LogP contribution in [0.1, 0.15) is 43.9 Å². The van der Waals surface area contributed by atoms with Crippen molar-refractivity contribution >= 4 is 29.3 Å². The van der Waals surface area contributed by atoms with E-state index in [1.807, 2.05) is 49.9 Å². The van der Waals surface area contributed by atoms with Crippen LogP contribution in [0.25, 0.3) is 0 Å². The van der Waals surface area contributed by atoms with Crippen LogP contribution in [0.3, 0.4) is 0 Å². The summed E-state index contributed by atoms with van der Waals surface area (Å²) in [7, 11) is 0. The summed E-state index contributed by atoms with van der Waals surface area (Å²) in [6.07, 6.45) is 0.938. The van der Waals surface area contributed by atoms with Gasteiger partial charge in [-0.3, -0.25) is 9.59 Å². The Morgan fingerprint density at radius 3 is 2.66 bits per heavy atom. The topological polar surface area (TPSA) is 58.6 Å². The highest BCUT2D eigenvalue weighted by atomic mass is 32.2. The number of carbonyl (C=O) groups is 2. The predicted molar refractivity (Wildman–Crippen MR) is 131 cm³/mol. The summed E-state index contributed by atoms with van der Waals surface area (Å²) in [5.74, 6) is -0.542. The van der Waals surface area contributed by atoms with Crippen LogP contribution in [0.4, 0.5) is 5.69 Å². The number of benzene rings is 2. The van der Waals surface area contributed by atoms with Gasteiger partial charge in [0.05, 0.1) is 24.3 Å². The van der Waals surface area contributed by atoms with Crippen LogP contribution in [0.15, 0.2) is 47.4 Å². The molecule has 6 heteroatoms.